The van der Waals surface area contributed by atoms with Gasteiger partial charge in [0.05, 0.1) is 22.1 Å². The Morgan fingerprint density at radius 1 is 0.221 bits per heavy atom. The molecule has 4 aromatic heterocycles. The lowest BCUT2D eigenvalue weighted by molar-refractivity contribution is 0.954. The third kappa shape index (κ3) is 6.78. The van der Waals surface area contributed by atoms with Gasteiger partial charge in [0.25, 0.3) is 0 Å². The first-order valence-corrected chi connectivity index (χ1v) is 22.6. The monoisotopic (exact) mass is 870 g/mol. The predicted molar refractivity (Wildman–Crippen MR) is 275 cm³/mol. The van der Waals surface area contributed by atoms with Gasteiger partial charge < -0.3 is 4.57 Å². The summed E-state index contributed by atoms with van der Waals surface area (Å²) in [5.74, 6) is 3.35. The summed E-state index contributed by atoms with van der Waals surface area (Å²) in [6.45, 7) is 0. The highest BCUT2D eigenvalue weighted by atomic mass is 15.2. The van der Waals surface area contributed by atoms with Gasteiger partial charge in [-0.3, -0.25) is 4.57 Å². The van der Waals surface area contributed by atoms with E-state index >= 15 is 0 Å². The molecule has 0 aliphatic heterocycles. The number of nitrogens with zero attached hydrogens (tertiary/aromatic N) is 8. The zero-order valence-electron chi connectivity index (χ0n) is 36.5. The molecule has 68 heavy (non-hydrogen) atoms. The van der Waals surface area contributed by atoms with E-state index in [4.69, 9.17) is 29.9 Å². The molecule has 0 saturated carbocycles. The lowest BCUT2D eigenvalue weighted by Gasteiger charge is -2.12. The average molecular weight is 871 g/mol. The van der Waals surface area contributed by atoms with Gasteiger partial charge in [0.2, 0.25) is 5.95 Å². The van der Waals surface area contributed by atoms with Crippen LogP contribution < -0.4 is 0 Å². The summed E-state index contributed by atoms with van der Waals surface area (Å²) >= 11 is 0. The number of hydrogen-bond donors (Lipinski definition) is 0. The van der Waals surface area contributed by atoms with E-state index in [1.54, 1.807) is 0 Å². The molecule has 4 heterocycles. The Labute approximate surface area is 391 Å². The molecule has 0 N–H and O–H groups in total. The Balaban J connectivity index is 1.01. The van der Waals surface area contributed by atoms with Crippen molar-refractivity contribution >= 4 is 43.6 Å². The number of aromatic nitrogens is 8. The maximum Gasteiger partial charge on any atom is 0.238 e. The highest BCUT2D eigenvalue weighted by Crippen LogP contribution is 2.40. The van der Waals surface area contributed by atoms with E-state index in [0.29, 0.717) is 35.1 Å². The normalized spacial score (nSPS) is 11.5. The van der Waals surface area contributed by atoms with Gasteiger partial charge in [-0.15, -0.1) is 0 Å². The smallest absolute Gasteiger partial charge is 0.238 e. The van der Waals surface area contributed by atoms with Crippen LogP contribution in [0, 0.1) is 0 Å². The maximum absolute atomic E-state index is 5.35. The van der Waals surface area contributed by atoms with E-state index in [1.165, 1.54) is 11.1 Å². The number of benzene rings is 9. The lowest BCUT2D eigenvalue weighted by atomic mass is 10.1. The van der Waals surface area contributed by atoms with Crippen molar-refractivity contribution in [2.45, 2.75) is 0 Å². The lowest BCUT2D eigenvalue weighted by Crippen LogP contribution is -2.06. The summed E-state index contributed by atoms with van der Waals surface area (Å²) in [6, 6.07) is 79.5. The highest BCUT2D eigenvalue weighted by Gasteiger charge is 2.22. The summed E-state index contributed by atoms with van der Waals surface area (Å²) in [6.07, 6.45) is 0. The van der Waals surface area contributed by atoms with Crippen molar-refractivity contribution in [3.8, 4) is 79.7 Å². The van der Waals surface area contributed by atoms with Crippen molar-refractivity contribution in [2.24, 2.45) is 0 Å². The predicted octanol–water partition coefficient (Wildman–Crippen LogP) is 14.3. The van der Waals surface area contributed by atoms with Gasteiger partial charge in [0.15, 0.2) is 29.1 Å². The second-order valence-electron chi connectivity index (χ2n) is 16.8. The van der Waals surface area contributed by atoms with Gasteiger partial charge in [0, 0.05) is 55.0 Å². The zero-order valence-corrected chi connectivity index (χ0v) is 36.5. The van der Waals surface area contributed by atoms with Crippen molar-refractivity contribution in [1.82, 2.24) is 39.0 Å². The second-order valence-corrected chi connectivity index (χ2v) is 16.8. The maximum atomic E-state index is 5.35. The summed E-state index contributed by atoms with van der Waals surface area (Å²) in [4.78, 5) is 30.8. The highest BCUT2D eigenvalue weighted by molar-refractivity contribution is 6.19. The van der Waals surface area contributed by atoms with Gasteiger partial charge >= 0.3 is 0 Å². The number of rotatable bonds is 8. The zero-order chi connectivity index (χ0) is 45.0. The largest absolute Gasteiger partial charge is 0.309 e. The molecule has 13 aromatic rings. The van der Waals surface area contributed by atoms with E-state index in [2.05, 4.69) is 130 Å². The first-order chi connectivity index (χ1) is 33.7. The molecule has 8 nitrogen and oxygen atoms in total. The van der Waals surface area contributed by atoms with Gasteiger partial charge in [-0.05, 0) is 53.6 Å². The third-order valence-corrected chi connectivity index (χ3v) is 12.6. The number of para-hydroxylation sites is 2. The van der Waals surface area contributed by atoms with Crippen LogP contribution >= 0.6 is 0 Å². The van der Waals surface area contributed by atoms with Crippen LogP contribution in [0.5, 0.6) is 0 Å². The topological polar surface area (TPSA) is 87.2 Å². The van der Waals surface area contributed by atoms with Crippen LogP contribution in [0.3, 0.4) is 0 Å². The Bertz CT molecular complexity index is 3960. The molecule has 0 aliphatic rings. The van der Waals surface area contributed by atoms with Crippen molar-refractivity contribution < 1.29 is 0 Å². The molecule has 0 fully saturated rings. The van der Waals surface area contributed by atoms with Gasteiger partial charge in [-0.25, -0.2) is 19.9 Å². The molecule has 0 aliphatic carbocycles. The molecule has 0 bridgehead atoms. The quantitative estimate of drug-likeness (QED) is 0.151. The van der Waals surface area contributed by atoms with Crippen LogP contribution in [-0.2, 0) is 0 Å². The number of hydrogen-bond acceptors (Lipinski definition) is 6. The minimum Gasteiger partial charge on any atom is -0.309 e. The molecule has 0 radical (unpaired) electrons. The molecule has 0 saturated heterocycles. The second kappa shape index (κ2) is 16.2. The summed E-state index contributed by atoms with van der Waals surface area (Å²) < 4.78 is 4.58. The van der Waals surface area contributed by atoms with E-state index in [-0.39, 0.29) is 0 Å². The van der Waals surface area contributed by atoms with Crippen LogP contribution in [0.2, 0.25) is 0 Å². The minimum absolute atomic E-state index is 0.516. The first-order valence-electron chi connectivity index (χ1n) is 22.6. The third-order valence-electron chi connectivity index (χ3n) is 12.6. The van der Waals surface area contributed by atoms with Crippen molar-refractivity contribution in [3.63, 3.8) is 0 Å². The fourth-order valence-corrected chi connectivity index (χ4v) is 9.42. The molecule has 0 amide bonds. The molecule has 0 atom stereocenters. The molecule has 318 valence electrons. The van der Waals surface area contributed by atoms with Crippen molar-refractivity contribution in [2.75, 3.05) is 0 Å². The molecule has 9 aromatic carbocycles. The molecular formula is C60H38N8. The van der Waals surface area contributed by atoms with Crippen LogP contribution in [0.1, 0.15) is 0 Å². The van der Waals surface area contributed by atoms with E-state index in [0.717, 1.165) is 77.1 Å². The molecular weight excluding hydrogens is 833 g/mol. The first kappa shape index (κ1) is 39.0. The van der Waals surface area contributed by atoms with Crippen molar-refractivity contribution in [3.05, 3.63) is 231 Å². The van der Waals surface area contributed by atoms with Crippen LogP contribution in [0.4, 0.5) is 0 Å². The van der Waals surface area contributed by atoms with Gasteiger partial charge in [-0.2, -0.15) is 9.97 Å². The van der Waals surface area contributed by atoms with Crippen molar-refractivity contribution in [1.29, 1.82) is 0 Å². The van der Waals surface area contributed by atoms with E-state index in [9.17, 15) is 0 Å². The SMILES string of the molecule is c1ccc(-c2cccc(-n3c4ccccc4c4cc5c(cc43)c3ccccc3n5-c3nc(-c4ccccc4)nc(-c4cccc(-c5nc(-c6ccccc6)nc(-c6ccccc6)n5)c4)n3)c2)cc1. The van der Waals surface area contributed by atoms with Gasteiger partial charge in [-0.1, -0.05) is 188 Å². The summed E-state index contributed by atoms with van der Waals surface area (Å²) in [7, 11) is 0. The average Bonchev–Trinajstić information content (AvgIpc) is 3.93. The number of fused-ring (bicyclic) bond motifs is 6. The molecule has 8 heteroatoms. The Hall–Kier alpha value is -9.40. The fourth-order valence-electron chi connectivity index (χ4n) is 9.42. The minimum atomic E-state index is 0.516. The Kier molecular flexibility index (Phi) is 9.31. The fraction of sp³-hybridized carbons (Fsp3) is 0. The van der Waals surface area contributed by atoms with E-state index in [1.807, 2.05) is 109 Å². The van der Waals surface area contributed by atoms with Crippen LogP contribution in [0.25, 0.3) is 123 Å². The van der Waals surface area contributed by atoms with E-state index < -0.39 is 0 Å². The Morgan fingerprint density at radius 3 is 1.12 bits per heavy atom. The van der Waals surface area contributed by atoms with Crippen LogP contribution in [0.15, 0.2) is 231 Å². The summed E-state index contributed by atoms with van der Waals surface area (Å²) in [5.41, 5.74) is 12.0. The molecule has 0 spiro atoms. The molecule has 0 unspecified atom stereocenters. The standard InChI is InChI=1S/C60H38N8/c1-5-19-39(20-6-1)43-27-18-30-46(36-43)67-51-33-15-13-31-47(51)49-38-54-50(37-53(49)67)48-32-14-16-34-52(48)68(54)60-65-57(42-25-11-4-12-26-42)64-59(66-60)45-29-17-28-44(35-45)58-62-55(40-21-7-2-8-22-40)61-56(63-58)41-23-9-3-10-24-41/h1-38H. The summed E-state index contributed by atoms with van der Waals surface area (Å²) in [5, 5.41) is 4.49. The molecule has 13 rings (SSSR count). The van der Waals surface area contributed by atoms with Crippen LogP contribution in [-0.4, -0.2) is 39.0 Å². The Morgan fingerprint density at radius 2 is 0.588 bits per heavy atom. The van der Waals surface area contributed by atoms with Gasteiger partial charge in [0.1, 0.15) is 0 Å².